The Kier molecular flexibility index (Phi) is 5.13. The molecule has 15 heavy (non-hydrogen) atoms. The van der Waals surface area contributed by atoms with E-state index < -0.39 is 0 Å². The molecule has 0 bridgehead atoms. The van der Waals surface area contributed by atoms with Crippen molar-refractivity contribution in [1.82, 2.24) is 0 Å². The monoisotopic (exact) mass is 225 g/mol. The van der Waals surface area contributed by atoms with Gasteiger partial charge in [0.05, 0.1) is 0 Å². The zero-order valence-corrected chi connectivity index (χ0v) is 9.88. The van der Waals surface area contributed by atoms with Gasteiger partial charge in [0.2, 0.25) is 0 Å². The largest absolute Gasteiger partial charge is 0.327 e. The molecule has 0 saturated heterocycles. The molecular weight excluding hydrogens is 206 g/mol. The first-order valence-electron chi connectivity index (χ1n) is 5.66. The minimum absolute atomic E-state index is 0. The lowest BCUT2D eigenvalue weighted by atomic mass is 9.93. The minimum Gasteiger partial charge on any atom is -0.327 e. The van der Waals surface area contributed by atoms with Crippen LogP contribution in [0.2, 0.25) is 0 Å². The van der Waals surface area contributed by atoms with Crippen LogP contribution in [0.4, 0.5) is 0 Å². The van der Waals surface area contributed by atoms with Gasteiger partial charge in [-0.1, -0.05) is 43.2 Å². The van der Waals surface area contributed by atoms with Gasteiger partial charge in [-0.2, -0.15) is 0 Å². The van der Waals surface area contributed by atoms with Crippen LogP contribution in [0, 0.1) is 5.92 Å². The standard InChI is InChI=1S/C13H19N.ClH/c14-13(12-8-4-5-9-12)10-11-6-2-1-3-7-11;/h1-3,6-7,12-13H,4-5,8-10,14H2;1H. The second-order valence-electron chi connectivity index (χ2n) is 4.40. The van der Waals surface area contributed by atoms with Crippen molar-refractivity contribution in [2.45, 2.75) is 38.1 Å². The van der Waals surface area contributed by atoms with E-state index in [1.165, 1.54) is 31.2 Å². The Morgan fingerprint density at radius 2 is 1.73 bits per heavy atom. The van der Waals surface area contributed by atoms with Crippen LogP contribution >= 0.6 is 12.4 Å². The number of hydrogen-bond acceptors (Lipinski definition) is 1. The Labute approximate surface area is 98.5 Å². The molecule has 2 heteroatoms. The molecule has 1 saturated carbocycles. The molecule has 1 aromatic carbocycles. The topological polar surface area (TPSA) is 26.0 Å². The zero-order valence-electron chi connectivity index (χ0n) is 9.06. The summed E-state index contributed by atoms with van der Waals surface area (Å²) in [6.45, 7) is 0. The predicted octanol–water partition coefficient (Wildman–Crippen LogP) is 3.17. The van der Waals surface area contributed by atoms with E-state index in [0.717, 1.165) is 12.3 Å². The van der Waals surface area contributed by atoms with Crippen LogP contribution in [-0.4, -0.2) is 6.04 Å². The highest BCUT2D eigenvalue weighted by Crippen LogP contribution is 2.28. The SMILES string of the molecule is Cl.NC(Cc1ccccc1)C1CCCC1. The van der Waals surface area contributed by atoms with Gasteiger partial charge in [-0.25, -0.2) is 0 Å². The first kappa shape index (κ1) is 12.5. The summed E-state index contributed by atoms with van der Waals surface area (Å²) in [7, 11) is 0. The Morgan fingerprint density at radius 1 is 1.13 bits per heavy atom. The summed E-state index contributed by atoms with van der Waals surface area (Å²) in [5, 5.41) is 0. The van der Waals surface area contributed by atoms with Crippen molar-refractivity contribution in [1.29, 1.82) is 0 Å². The van der Waals surface area contributed by atoms with Crippen molar-refractivity contribution < 1.29 is 0 Å². The number of halogens is 1. The summed E-state index contributed by atoms with van der Waals surface area (Å²) in [6, 6.07) is 11.0. The number of hydrogen-bond donors (Lipinski definition) is 1. The summed E-state index contributed by atoms with van der Waals surface area (Å²) < 4.78 is 0. The molecule has 0 amide bonds. The highest BCUT2D eigenvalue weighted by atomic mass is 35.5. The Bertz CT molecular complexity index is 267. The zero-order chi connectivity index (χ0) is 9.80. The van der Waals surface area contributed by atoms with Crippen LogP contribution in [0.15, 0.2) is 30.3 Å². The van der Waals surface area contributed by atoms with Crippen LogP contribution in [0.5, 0.6) is 0 Å². The molecule has 1 unspecified atom stereocenters. The third kappa shape index (κ3) is 3.51. The maximum atomic E-state index is 6.21. The molecule has 1 nitrogen and oxygen atoms in total. The predicted molar refractivity (Wildman–Crippen MR) is 67.3 cm³/mol. The van der Waals surface area contributed by atoms with Gasteiger partial charge in [0, 0.05) is 6.04 Å². The van der Waals surface area contributed by atoms with E-state index in [-0.39, 0.29) is 12.4 Å². The third-order valence-electron chi connectivity index (χ3n) is 3.32. The molecule has 0 aromatic heterocycles. The first-order chi connectivity index (χ1) is 6.86. The lowest BCUT2D eigenvalue weighted by Crippen LogP contribution is -2.30. The summed E-state index contributed by atoms with van der Waals surface area (Å²) in [4.78, 5) is 0. The Morgan fingerprint density at radius 3 is 2.33 bits per heavy atom. The fraction of sp³-hybridized carbons (Fsp3) is 0.538. The van der Waals surface area contributed by atoms with Gasteiger partial charge in [0.15, 0.2) is 0 Å². The van der Waals surface area contributed by atoms with E-state index in [1.54, 1.807) is 0 Å². The van der Waals surface area contributed by atoms with E-state index >= 15 is 0 Å². The van der Waals surface area contributed by atoms with E-state index in [2.05, 4.69) is 30.3 Å². The van der Waals surface area contributed by atoms with E-state index in [0.29, 0.717) is 6.04 Å². The lowest BCUT2D eigenvalue weighted by molar-refractivity contribution is 0.429. The maximum absolute atomic E-state index is 6.21. The van der Waals surface area contributed by atoms with Gasteiger partial charge >= 0.3 is 0 Å². The second kappa shape index (κ2) is 6.14. The molecule has 0 radical (unpaired) electrons. The van der Waals surface area contributed by atoms with Crippen LogP contribution < -0.4 is 5.73 Å². The van der Waals surface area contributed by atoms with Gasteiger partial charge in [0.1, 0.15) is 0 Å². The maximum Gasteiger partial charge on any atom is 0.0108 e. The van der Waals surface area contributed by atoms with Crippen molar-refractivity contribution >= 4 is 12.4 Å². The molecular formula is C13H20ClN. The van der Waals surface area contributed by atoms with Crippen molar-refractivity contribution in [3.8, 4) is 0 Å². The molecule has 1 aromatic rings. The highest BCUT2D eigenvalue weighted by Gasteiger charge is 2.21. The van der Waals surface area contributed by atoms with Gasteiger partial charge in [0.25, 0.3) is 0 Å². The molecule has 0 heterocycles. The molecule has 1 fully saturated rings. The van der Waals surface area contributed by atoms with E-state index in [9.17, 15) is 0 Å². The molecule has 0 aliphatic heterocycles. The molecule has 0 spiro atoms. The number of nitrogens with two attached hydrogens (primary N) is 1. The van der Waals surface area contributed by atoms with Crippen LogP contribution in [0.25, 0.3) is 0 Å². The molecule has 2 N–H and O–H groups in total. The van der Waals surface area contributed by atoms with E-state index in [1.807, 2.05) is 0 Å². The van der Waals surface area contributed by atoms with Gasteiger partial charge in [-0.15, -0.1) is 12.4 Å². The molecule has 84 valence electrons. The summed E-state index contributed by atoms with van der Waals surface area (Å²) >= 11 is 0. The fourth-order valence-corrected chi connectivity index (χ4v) is 2.44. The second-order valence-corrected chi connectivity index (χ2v) is 4.40. The van der Waals surface area contributed by atoms with Crippen molar-refractivity contribution in [3.63, 3.8) is 0 Å². The van der Waals surface area contributed by atoms with Crippen LogP contribution in [0.3, 0.4) is 0 Å². The van der Waals surface area contributed by atoms with Crippen molar-refractivity contribution in [2.75, 3.05) is 0 Å². The van der Waals surface area contributed by atoms with E-state index in [4.69, 9.17) is 5.73 Å². The van der Waals surface area contributed by atoms with Crippen LogP contribution in [0.1, 0.15) is 31.2 Å². The normalized spacial score (nSPS) is 18.5. The fourth-order valence-electron chi connectivity index (χ4n) is 2.44. The molecule has 1 aliphatic rings. The lowest BCUT2D eigenvalue weighted by Gasteiger charge is -2.18. The van der Waals surface area contributed by atoms with Gasteiger partial charge in [-0.05, 0) is 30.7 Å². The quantitative estimate of drug-likeness (QED) is 0.840. The smallest absolute Gasteiger partial charge is 0.0108 e. The average molecular weight is 226 g/mol. The summed E-state index contributed by atoms with van der Waals surface area (Å²) in [5.74, 6) is 0.773. The average Bonchev–Trinajstić information content (AvgIpc) is 2.72. The van der Waals surface area contributed by atoms with Crippen molar-refractivity contribution in [2.24, 2.45) is 11.7 Å². The highest BCUT2D eigenvalue weighted by molar-refractivity contribution is 5.85. The Balaban J connectivity index is 0.00000112. The Hall–Kier alpha value is -0.530. The van der Waals surface area contributed by atoms with Gasteiger partial charge < -0.3 is 5.73 Å². The van der Waals surface area contributed by atoms with Gasteiger partial charge in [-0.3, -0.25) is 0 Å². The minimum atomic E-state index is 0. The third-order valence-corrected chi connectivity index (χ3v) is 3.32. The van der Waals surface area contributed by atoms with Crippen molar-refractivity contribution in [3.05, 3.63) is 35.9 Å². The number of benzene rings is 1. The molecule has 2 rings (SSSR count). The summed E-state index contributed by atoms with van der Waals surface area (Å²) in [6.07, 6.45) is 6.49. The summed E-state index contributed by atoms with van der Waals surface area (Å²) in [5.41, 5.74) is 7.59. The molecule has 1 atom stereocenters. The first-order valence-corrected chi connectivity index (χ1v) is 5.66. The molecule has 1 aliphatic carbocycles. The number of rotatable bonds is 3. The van der Waals surface area contributed by atoms with Crippen LogP contribution in [-0.2, 0) is 6.42 Å².